The van der Waals surface area contributed by atoms with Crippen LogP contribution in [0.5, 0.6) is 0 Å². The van der Waals surface area contributed by atoms with Crippen LogP contribution < -0.4 is 10.5 Å². The minimum Gasteiger partial charge on any atom is -0.377 e. The number of hydrogen-bond acceptors (Lipinski definition) is 7. The quantitative estimate of drug-likeness (QED) is 0.635. The van der Waals surface area contributed by atoms with Crippen LogP contribution >= 0.6 is 0 Å². The van der Waals surface area contributed by atoms with Crippen molar-refractivity contribution in [2.24, 2.45) is 5.92 Å². The molecule has 0 atom stereocenters. The fraction of sp³-hybridized carbons (Fsp3) is 0.421. The summed E-state index contributed by atoms with van der Waals surface area (Å²) >= 11 is 0. The largest absolute Gasteiger partial charge is 0.377 e. The number of nitrogens with zero attached hydrogens (tertiary/aromatic N) is 7. The van der Waals surface area contributed by atoms with Gasteiger partial charge in [-0.3, -0.25) is 4.79 Å². The topological polar surface area (TPSA) is 91.0 Å². The molecule has 0 unspecified atom stereocenters. The average Bonchev–Trinajstić information content (AvgIpc) is 3.26. The van der Waals surface area contributed by atoms with E-state index in [9.17, 15) is 4.79 Å². The summed E-state index contributed by atoms with van der Waals surface area (Å²) in [6.07, 6.45) is 7.23. The van der Waals surface area contributed by atoms with Crippen LogP contribution in [-0.4, -0.2) is 49.7 Å². The summed E-state index contributed by atoms with van der Waals surface area (Å²) in [6.45, 7) is 2.80. The van der Waals surface area contributed by atoms with Gasteiger partial charge >= 0.3 is 0 Å². The lowest BCUT2D eigenvalue weighted by molar-refractivity contribution is 0.177. The van der Waals surface area contributed by atoms with Gasteiger partial charge in [-0.1, -0.05) is 0 Å². The van der Waals surface area contributed by atoms with E-state index in [4.69, 9.17) is 4.74 Å². The Morgan fingerprint density at radius 2 is 2.00 bits per heavy atom. The first-order valence-electron chi connectivity index (χ1n) is 9.37. The first-order valence-corrected chi connectivity index (χ1v) is 9.37. The number of ether oxygens (including phenoxy) is 1. The number of rotatable bonds is 6. The van der Waals surface area contributed by atoms with E-state index < -0.39 is 0 Å². The highest BCUT2D eigenvalue weighted by atomic mass is 16.5. The Bertz CT molecular complexity index is 962. The van der Waals surface area contributed by atoms with Gasteiger partial charge in [-0.05, 0) is 37.0 Å². The minimum absolute atomic E-state index is 0.0849. The van der Waals surface area contributed by atoms with Crippen molar-refractivity contribution in [2.75, 3.05) is 25.1 Å². The first kappa shape index (κ1) is 18.3. The lowest BCUT2D eigenvalue weighted by atomic mass is 9.97. The first-order chi connectivity index (χ1) is 13.7. The molecule has 9 heteroatoms. The molecule has 3 aromatic rings. The van der Waals surface area contributed by atoms with Gasteiger partial charge < -0.3 is 9.64 Å². The smallest absolute Gasteiger partial charge is 0.266 e. The molecule has 1 saturated heterocycles. The zero-order chi connectivity index (χ0) is 19.3. The Kier molecular flexibility index (Phi) is 5.43. The van der Waals surface area contributed by atoms with Crippen molar-refractivity contribution in [3.63, 3.8) is 0 Å². The Labute approximate surface area is 162 Å². The van der Waals surface area contributed by atoms with E-state index in [0.29, 0.717) is 30.7 Å². The molecule has 1 fully saturated rings. The van der Waals surface area contributed by atoms with Gasteiger partial charge in [0.2, 0.25) is 0 Å². The lowest BCUT2D eigenvalue weighted by Gasteiger charge is -2.32. The molecule has 0 N–H and O–H groups in total. The van der Waals surface area contributed by atoms with Gasteiger partial charge in [0.15, 0.2) is 11.6 Å². The third-order valence-corrected chi connectivity index (χ3v) is 4.93. The molecule has 0 bridgehead atoms. The summed E-state index contributed by atoms with van der Waals surface area (Å²) in [5.41, 5.74) is -0.0849. The zero-order valence-corrected chi connectivity index (χ0v) is 15.8. The Hall–Kier alpha value is -3.07. The number of methoxy groups -OCH3 is 1. The van der Waals surface area contributed by atoms with E-state index in [1.54, 1.807) is 41.0 Å². The van der Waals surface area contributed by atoms with Gasteiger partial charge in [-0.25, -0.2) is 19.3 Å². The fourth-order valence-corrected chi connectivity index (χ4v) is 3.45. The Balaban J connectivity index is 1.40. The summed E-state index contributed by atoms with van der Waals surface area (Å²) in [4.78, 5) is 23.3. The fourth-order valence-electron chi connectivity index (χ4n) is 3.45. The highest BCUT2D eigenvalue weighted by Crippen LogP contribution is 2.22. The van der Waals surface area contributed by atoms with Crippen molar-refractivity contribution in [1.29, 1.82) is 0 Å². The van der Waals surface area contributed by atoms with Crippen LogP contribution in [0.1, 0.15) is 18.7 Å². The molecular formula is C19H23N7O2. The van der Waals surface area contributed by atoms with Crippen LogP contribution in [0.2, 0.25) is 0 Å². The molecule has 4 heterocycles. The molecule has 0 aromatic carbocycles. The summed E-state index contributed by atoms with van der Waals surface area (Å²) in [6, 6.07) is 7.01. The number of hydrogen-bond donors (Lipinski definition) is 0. The van der Waals surface area contributed by atoms with Crippen molar-refractivity contribution in [3.8, 4) is 5.82 Å². The predicted octanol–water partition coefficient (Wildman–Crippen LogP) is 1.28. The SMILES string of the molecule is COCc1nccc(N2CCC(Cn3nc(-n4cccn4)ccc3=O)CC2)n1. The van der Waals surface area contributed by atoms with E-state index in [1.807, 2.05) is 18.3 Å². The highest BCUT2D eigenvalue weighted by Gasteiger charge is 2.21. The van der Waals surface area contributed by atoms with E-state index in [0.717, 1.165) is 31.7 Å². The summed E-state index contributed by atoms with van der Waals surface area (Å²) in [5.74, 6) is 2.66. The maximum Gasteiger partial charge on any atom is 0.266 e. The van der Waals surface area contributed by atoms with E-state index >= 15 is 0 Å². The minimum atomic E-state index is -0.0849. The van der Waals surface area contributed by atoms with Crippen molar-refractivity contribution in [1.82, 2.24) is 29.5 Å². The second-order valence-corrected chi connectivity index (χ2v) is 6.86. The van der Waals surface area contributed by atoms with Crippen molar-refractivity contribution >= 4 is 5.82 Å². The van der Waals surface area contributed by atoms with Crippen LogP contribution in [0.3, 0.4) is 0 Å². The van der Waals surface area contributed by atoms with Gasteiger partial charge in [0.25, 0.3) is 5.56 Å². The molecule has 146 valence electrons. The molecule has 0 radical (unpaired) electrons. The molecular weight excluding hydrogens is 358 g/mol. The zero-order valence-electron chi connectivity index (χ0n) is 15.8. The third kappa shape index (κ3) is 4.09. The molecule has 28 heavy (non-hydrogen) atoms. The van der Waals surface area contributed by atoms with Crippen molar-refractivity contribution < 1.29 is 4.74 Å². The molecule has 0 amide bonds. The average molecular weight is 381 g/mol. The van der Waals surface area contributed by atoms with E-state index in [-0.39, 0.29) is 5.56 Å². The normalized spacial score (nSPS) is 15.1. The molecule has 4 rings (SSSR count). The molecule has 1 aliphatic rings. The number of anilines is 1. The third-order valence-electron chi connectivity index (χ3n) is 4.93. The van der Waals surface area contributed by atoms with Crippen LogP contribution in [0, 0.1) is 5.92 Å². The maximum absolute atomic E-state index is 12.2. The highest BCUT2D eigenvalue weighted by molar-refractivity contribution is 5.37. The molecule has 3 aromatic heterocycles. The van der Waals surface area contributed by atoms with Crippen LogP contribution in [0.15, 0.2) is 47.7 Å². The van der Waals surface area contributed by atoms with Gasteiger partial charge in [-0.15, -0.1) is 5.10 Å². The van der Waals surface area contributed by atoms with Gasteiger partial charge in [0.05, 0.1) is 0 Å². The second-order valence-electron chi connectivity index (χ2n) is 6.86. The molecule has 0 spiro atoms. The van der Waals surface area contributed by atoms with Gasteiger partial charge in [-0.2, -0.15) is 5.10 Å². The van der Waals surface area contributed by atoms with Gasteiger partial charge in [0.1, 0.15) is 12.4 Å². The maximum atomic E-state index is 12.2. The monoisotopic (exact) mass is 381 g/mol. The molecule has 0 aliphatic carbocycles. The Morgan fingerprint density at radius 3 is 2.75 bits per heavy atom. The molecule has 0 saturated carbocycles. The molecule has 9 nitrogen and oxygen atoms in total. The predicted molar refractivity (Wildman–Crippen MR) is 103 cm³/mol. The summed E-state index contributed by atoms with van der Waals surface area (Å²) in [5, 5.41) is 8.65. The van der Waals surface area contributed by atoms with Crippen LogP contribution in [-0.2, 0) is 17.9 Å². The van der Waals surface area contributed by atoms with Crippen LogP contribution in [0.4, 0.5) is 5.82 Å². The lowest BCUT2D eigenvalue weighted by Crippen LogP contribution is -2.37. The standard InChI is InChI=1S/C19H23N7O2/c1-28-14-16-20-9-5-17(22-16)24-11-6-15(7-12-24)13-26-19(27)4-3-18(23-26)25-10-2-8-21-25/h2-5,8-10,15H,6-7,11-14H2,1H3. The summed E-state index contributed by atoms with van der Waals surface area (Å²) in [7, 11) is 1.64. The second kappa shape index (κ2) is 8.30. The number of piperidine rings is 1. The van der Waals surface area contributed by atoms with Crippen molar-refractivity contribution in [2.45, 2.75) is 26.0 Å². The van der Waals surface area contributed by atoms with Gasteiger partial charge in [0, 0.05) is 51.4 Å². The van der Waals surface area contributed by atoms with E-state index in [2.05, 4.69) is 25.1 Å². The summed E-state index contributed by atoms with van der Waals surface area (Å²) < 4.78 is 8.32. The number of aromatic nitrogens is 6. The molecule has 1 aliphatic heterocycles. The Morgan fingerprint density at radius 1 is 1.14 bits per heavy atom. The van der Waals surface area contributed by atoms with E-state index in [1.165, 1.54) is 0 Å². The van der Waals surface area contributed by atoms with Crippen LogP contribution in [0.25, 0.3) is 5.82 Å². The van der Waals surface area contributed by atoms with Crippen molar-refractivity contribution in [3.05, 3.63) is 59.0 Å².